The fourth-order valence-electron chi connectivity index (χ4n) is 2.41. The predicted molar refractivity (Wildman–Crippen MR) is 83.1 cm³/mol. The number of ether oxygens (including phenoxy) is 2. The van der Waals surface area contributed by atoms with Gasteiger partial charge in [-0.05, 0) is 45.0 Å². The molecule has 2 amide bonds. The number of rotatable bonds is 3. The molecule has 1 fully saturated rings. The molecule has 6 nitrogen and oxygen atoms in total. The highest BCUT2D eigenvalue weighted by atomic mass is 16.6. The van der Waals surface area contributed by atoms with Crippen LogP contribution in [0.5, 0.6) is 5.75 Å². The van der Waals surface area contributed by atoms with Crippen LogP contribution < -0.4 is 9.64 Å². The van der Waals surface area contributed by atoms with Gasteiger partial charge in [-0.15, -0.1) is 0 Å². The number of carbonyl (C=O) groups excluding carboxylic acids is 2. The van der Waals surface area contributed by atoms with Crippen LogP contribution in [0.25, 0.3) is 0 Å². The Morgan fingerprint density at radius 2 is 1.86 bits per heavy atom. The molecule has 1 aromatic carbocycles. The summed E-state index contributed by atoms with van der Waals surface area (Å²) in [6, 6.07) is 6.76. The maximum absolute atomic E-state index is 12.5. The number of carbonyl (C=O) groups is 2. The van der Waals surface area contributed by atoms with Crippen LogP contribution in [0.15, 0.2) is 24.3 Å². The zero-order valence-electron chi connectivity index (χ0n) is 13.4. The van der Waals surface area contributed by atoms with E-state index in [4.69, 9.17) is 9.47 Å². The van der Waals surface area contributed by atoms with Crippen LogP contribution in [-0.2, 0) is 9.53 Å². The molecule has 1 aromatic rings. The fraction of sp³-hybridized carbons (Fsp3) is 0.500. The molecule has 0 spiro atoms. The first-order chi connectivity index (χ1) is 10.4. The number of amides is 2. The lowest BCUT2D eigenvalue weighted by atomic mass is 10.1. The van der Waals surface area contributed by atoms with Gasteiger partial charge in [0.15, 0.2) is 0 Å². The van der Waals surface area contributed by atoms with E-state index in [-0.39, 0.29) is 12.0 Å². The second-order valence-electron chi connectivity index (χ2n) is 5.49. The van der Waals surface area contributed by atoms with E-state index >= 15 is 0 Å². The molecule has 2 rings (SSSR count). The number of hydrogen-bond donors (Lipinski definition) is 0. The van der Waals surface area contributed by atoms with Crippen molar-refractivity contribution in [1.29, 1.82) is 0 Å². The Hall–Kier alpha value is -2.24. The Bertz CT molecular complexity index is 542. The van der Waals surface area contributed by atoms with Crippen LogP contribution in [-0.4, -0.2) is 49.2 Å². The minimum Gasteiger partial charge on any atom is -0.497 e. The second kappa shape index (κ2) is 6.68. The van der Waals surface area contributed by atoms with Gasteiger partial charge in [-0.3, -0.25) is 9.69 Å². The summed E-state index contributed by atoms with van der Waals surface area (Å²) < 4.78 is 10.3. The number of hydrogen-bond acceptors (Lipinski definition) is 4. The van der Waals surface area contributed by atoms with Crippen LogP contribution in [0.4, 0.5) is 10.5 Å². The van der Waals surface area contributed by atoms with E-state index in [0.29, 0.717) is 13.1 Å². The van der Waals surface area contributed by atoms with Crippen molar-refractivity contribution >= 4 is 17.7 Å². The third kappa shape index (κ3) is 3.32. The van der Waals surface area contributed by atoms with Crippen LogP contribution in [0.1, 0.15) is 20.8 Å². The molecular weight excluding hydrogens is 284 g/mol. The molecule has 1 aliphatic heterocycles. The van der Waals surface area contributed by atoms with Crippen LogP contribution in [0, 0.1) is 0 Å². The van der Waals surface area contributed by atoms with E-state index in [0.717, 1.165) is 11.4 Å². The summed E-state index contributed by atoms with van der Waals surface area (Å²) in [6.45, 7) is 6.20. The summed E-state index contributed by atoms with van der Waals surface area (Å²) in [4.78, 5) is 27.7. The summed E-state index contributed by atoms with van der Waals surface area (Å²) in [6.07, 6.45) is -0.639. The number of benzene rings is 1. The molecule has 1 aliphatic rings. The van der Waals surface area contributed by atoms with Gasteiger partial charge in [0.05, 0.1) is 13.2 Å². The van der Waals surface area contributed by atoms with Crippen molar-refractivity contribution in [2.24, 2.45) is 0 Å². The highest BCUT2D eigenvalue weighted by Crippen LogP contribution is 2.23. The summed E-state index contributed by atoms with van der Waals surface area (Å²) in [5.74, 6) is 0.625. The SMILES string of the molecule is COc1ccc(N2CCN(C(=O)OC(C)C)[C@@H](C)C2=O)cc1. The Balaban J connectivity index is 2.09. The van der Waals surface area contributed by atoms with Crippen molar-refractivity contribution in [3.63, 3.8) is 0 Å². The Kier molecular flexibility index (Phi) is 4.90. The van der Waals surface area contributed by atoms with Crippen molar-refractivity contribution < 1.29 is 19.1 Å². The topological polar surface area (TPSA) is 59.1 Å². The van der Waals surface area contributed by atoms with E-state index in [1.165, 1.54) is 4.90 Å². The Morgan fingerprint density at radius 3 is 2.41 bits per heavy atom. The molecule has 120 valence electrons. The van der Waals surface area contributed by atoms with Gasteiger partial charge in [-0.25, -0.2) is 4.79 Å². The molecule has 1 heterocycles. The standard InChI is InChI=1S/C16H22N2O4/c1-11(2)22-16(20)17-9-10-18(15(19)12(17)3)13-5-7-14(21-4)8-6-13/h5-8,11-12H,9-10H2,1-4H3/t12-/m0/s1. The lowest BCUT2D eigenvalue weighted by Crippen LogP contribution is -2.58. The third-order valence-electron chi connectivity index (χ3n) is 3.61. The largest absolute Gasteiger partial charge is 0.497 e. The fourth-order valence-corrected chi connectivity index (χ4v) is 2.41. The van der Waals surface area contributed by atoms with Gasteiger partial charge < -0.3 is 14.4 Å². The van der Waals surface area contributed by atoms with E-state index < -0.39 is 12.1 Å². The van der Waals surface area contributed by atoms with Crippen molar-refractivity contribution in [3.05, 3.63) is 24.3 Å². The third-order valence-corrected chi connectivity index (χ3v) is 3.61. The Labute approximate surface area is 130 Å². The maximum atomic E-state index is 12.5. The minimum absolute atomic E-state index is 0.114. The predicted octanol–water partition coefficient (Wildman–Crippen LogP) is 2.28. The normalized spacial score (nSPS) is 18.6. The van der Waals surface area contributed by atoms with E-state index in [1.807, 2.05) is 24.3 Å². The van der Waals surface area contributed by atoms with E-state index in [1.54, 1.807) is 32.8 Å². The van der Waals surface area contributed by atoms with Gasteiger partial charge in [0.1, 0.15) is 11.8 Å². The number of methoxy groups -OCH3 is 1. The van der Waals surface area contributed by atoms with Crippen molar-refractivity contribution in [2.45, 2.75) is 32.9 Å². The zero-order valence-corrected chi connectivity index (χ0v) is 13.4. The van der Waals surface area contributed by atoms with Gasteiger partial charge in [0.25, 0.3) is 0 Å². The molecule has 1 saturated heterocycles. The van der Waals surface area contributed by atoms with Crippen molar-refractivity contribution in [2.75, 3.05) is 25.1 Å². The lowest BCUT2D eigenvalue weighted by Gasteiger charge is -2.38. The molecule has 1 atom stereocenters. The van der Waals surface area contributed by atoms with Gasteiger partial charge in [0, 0.05) is 18.8 Å². The number of nitrogens with zero attached hydrogens (tertiary/aromatic N) is 2. The maximum Gasteiger partial charge on any atom is 0.410 e. The summed E-state index contributed by atoms with van der Waals surface area (Å²) in [5.41, 5.74) is 0.800. The molecule has 0 aromatic heterocycles. The van der Waals surface area contributed by atoms with Crippen LogP contribution in [0.2, 0.25) is 0 Å². The molecule has 0 saturated carbocycles. The van der Waals surface area contributed by atoms with Crippen molar-refractivity contribution in [1.82, 2.24) is 4.90 Å². The first-order valence-electron chi connectivity index (χ1n) is 7.36. The average Bonchev–Trinajstić information content (AvgIpc) is 2.49. The van der Waals surface area contributed by atoms with Crippen molar-refractivity contribution in [3.8, 4) is 5.75 Å². The molecule has 0 bridgehead atoms. The molecule has 0 radical (unpaired) electrons. The highest BCUT2D eigenvalue weighted by Gasteiger charge is 2.36. The molecule has 6 heteroatoms. The summed E-state index contributed by atoms with van der Waals surface area (Å²) in [7, 11) is 1.60. The van der Waals surface area contributed by atoms with Gasteiger partial charge in [0.2, 0.25) is 5.91 Å². The minimum atomic E-state index is -0.540. The quantitative estimate of drug-likeness (QED) is 0.859. The molecule has 0 N–H and O–H groups in total. The number of piperazine rings is 1. The lowest BCUT2D eigenvalue weighted by molar-refractivity contribution is -0.124. The average molecular weight is 306 g/mol. The number of anilines is 1. The molecule has 22 heavy (non-hydrogen) atoms. The zero-order chi connectivity index (χ0) is 16.3. The second-order valence-corrected chi connectivity index (χ2v) is 5.49. The smallest absolute Gasteiger partial charge is 0.410 e. The molecule has 0 aliphatic carbocycles. The Morgan fingerprint density at radius 1 is 1.23 bits per heavy atom. The summed E-state index contributed by atoms with van der Waals surface area (Å²) >= 11 is 0. The van der Waals surface area contributed by atoms with E-state index in [9.17, 15) is 9.59 Å². The van der Waals surface area contributed by atoms with Crippen LogP contribution in [0.3, 0.4) is 0 Å². The monoisotopic (exact) mass is 306 g/mol. The van der Waals surface area contributed by atoms with Gasteiger partial charge in [-0.1, -0.05) is 0 Å². The first-order valence-corrected chi connectivity index (χ1v) is 7.36. The first kappa shape index (κ1) is 16.1. The van der Waals surface area contributed by atoms with Gasteiger partial charge in [-0.2, -0.15) is 0 Å². The summed E-state index contributed by atoms with van der Waals surface area (Å²) in [5, 5.41) is 0. The van der Waals surface area contributed by atoms with E-state index in [2.05, 4.69) is 0 Å². The molecular formula is C16H22N2O4. The van der Waals surface area contributed by atoms with Gasteiger partial charge >= 0.3 is 6.09 Å². The molecule has 0 unspecified atom stereocenters. The highest BCUT2D eigenvalue weighted by molar-refractivity contribution is 5.99. The van der Waals surface area contributed by atoms with Crippen LogP contribution >= 0.6 is 0 Å².